The summed E-state index contributed by atoms with van der Waals surface area (Å²) >= 11 is 0. The van der Waals surface area contributed by atoms with E-state index in [4.69, 9.17) is 14.2 Å². The number of hydrogen-bond acceptors (Lipinski definition) is 7. The molecule has 0 unspecified atom stereocenters. The third-order valence-electron chi connectivity index (χ3n) is 6.22. The van der Waals surface area contributed by atoms with Gasteiger partial charge in [0.1, 0.15) is 0 Å². The summed E-state index contributed by atoms with van der Waals surface area (Å²) in [5.41, 5.74) is 2.52. The van der Waals surface area contributed by atoms with Gasteiger partial charge in [0.15, 0.2) is 17.8 Å². The van der Waals surface area contributed by atoms with E-state index in [9.17, 15) is 13.2 Å². The van der Waals surface area contributed by atoms with E-state index in [2.05, 4.69) is 18.7 Å². The van der Waals surface area contributed by atoms with E-state index in [0.717, 1.165) is 24.3 Å². The number of hydrogen-bond donors (Lipinski definition) is 0. The first-order valence-electron chi connectivity index (χ1n) is 12.0. The molecule has 0 aliphatic carbocycles. The van der Waals surface area contributed by atoms with E-state index < -0.39 is 10.0 Å². The highest BCUT2D eigenvalue weighted by Crippen LogP contribution is 2.42. The lowest BCUT2D eigenvalue weighted by atomic mass is 10.1. The van der Waals surface area contributed by atoms with E-state index in [0.29, 0.717) is 17.6 Å². The summed E-state index contributed by atoms with van der Waals surface area (Å²) < 4.78 is 45.2. The predicted molar refractivity (Wildman–Crippen MR) is 144 cm³/mol. The number of methoxy groups -OCH3 is 3. The Morgan fingerprint density at radius 2 is 1.43 bits per heavy atom. The third kappa shape index (κ3) is 6.06. The molecule has 0 radical (unpaired) electrons. The third-order valence-corrected chi connectivity index (χ3v) is 8.03. The van der Waals surface area contributed by atoms with E-state index in [1.54, 1.807) is 36.4 Å². The van der Waals surface area contributed by atoms with Crippen molar-refractivity contribution in [2.75, 3.05) is 39.3 Å². The molecule has 9 heteroatoms. The van der Waals surface area contributed by atoms with Crippen molar-refractivity contribution in [1.82, 2.24) is 4.31 Å². The molecule has 0 atom stereocenters. The first-order chi connectivity index (χ1) is 17.8. The normalized spacial score (nSPS) is 11.3. The smallest absolute Gasteiger partial charge is 0.243 e. The Bertz CT molecular complexity index is 1290. The topological polar surface area (TPSA) is 85.4 Å². The molecule has 0 aromatic heterocycles. The van der Waals surface area contributed by atoms with Crippen molar-refractivity contribution in [3.05, 3.63) is 77.4 Å². The zero-order valence-electron chi connectivity index (χ0n) is 21.9. The van der Waals surface area contributed by atoms with Crippen molar-refractivity contribution < 1.29 is 27.4 Å². The fourth-order valence-corrected chi connectivity index (χ4v) is 5.68. The predicted octanol–water partition coefficient (Wildman–Crippen LogP) is 4.76. The molecule has 0 fully saturated rings. The Hall–Kier alpha value is -3.56. The van der Waals surface area contributed by atoms with Crippen molar-refractivity contribution >= 4 is 22.0 Å². The maximum absolute atomic E-state index is 13.8. The molecule has 0 amide bonds. The van der Waals surface area contributed by atoms with Crippen LogP contribution in [0.25, 0.3) is 0 Å². The molecular weight excluding hydrogens is 492 g/mol. The fourth-order valence-electron chi connectivity index (χ4n) is 4.25. The van der Waals surface area contributed by atoms with Gasteiger partial charge in [0.2, 0.25) is 15.8 Å². The monoisotopic (exact) mass is 526 g/mol. The fraction of sp³-hybridized carbons (Fsp3) is 0.321. The van der Waals surface area contributed by atoms with Gasteiger partial charge in [0.05, 0.1) is 31.8 Å². The van der Waals surface area contributed by atoms with Gasteiger partial charge in [-0.15, -0.1) is 0 Å². The Balaban J connectivity index is 2.09. The Morgan fingerprint density at radius 1 is 0.811 bits per heavy atom. The molecule has 0 bridgehead atoms. The van der Waals surface area contributed by atoms with Crippen LogP contribution < -0.4 is 19.1 Å². The minimum absolute atomic E-state index is 0.0835. The van der Waals surface area contributed by atoms with E-state index in [1.807, 2.05) is 24.3 Å². The zero-order valence-corrected chi connectivity index (χ0v) is 22.7. The highest BCUT2D eigenvalue weighted by molar-refractivity contribution is 7.89. The van der Waals surface area contributed by atoms with Gasteiger partial charge in [0.25, 0.3) is 0 Å². The number of anilines is 1. The van der Waals surface area contributed by atoms with Crippen LogP contribution in [0.2, 0.25) is 0 Å². The van der Waals surface area contributed by atoms with Gasteiger partial charge in [-0.3, -0.25) is 4.79 Å². The van der Waals surface area contributed by atoms with Crippen LogP contribution in [0.5, 0.6) is 17.2 Å². The van der Waals surface area contributed by atoms with Crippen LogP contribution in [-0.4, -0.2) is 53.4 Å². The largest absolute Gasteiger partial charge is 0.493 e. The lowest BCUT2D eigenvalue weighted by Crippen LogP contribution is -2.31. The van der Waals surface area contributed by atoms with Crippen LogP contribution in [0, 0.1) is 0 Å². The molecule has 3 rings (SSSR count). The maximum atomic E-state index is 13.8. The highest BCUT2D eigenvalue weighted by Gasteiger charge is 2.28. The molecule has 3 aromatic carbocycles. The molecule has 8 nitrogen and oxygen atoms in total. The summed E-state index contributed by atoms with van der Waals surface area (Å²) in [6.07, 6.45) is 0.641. The first kappa shape index (κ1) is 28.0. The quantitative estimate of drug-likeness (QED) is 0.297. The van der Waals surface area contributed by atoms with Gasteiger partial charge in [0, 0.05) is 31.9 Å². The Morgan fingerprint density at radius 3 is 1.95 bits per heavy atom. The summed E-state index contributed by atoms with van der Waals surface area (Å²) in [6, 6.07) is 17.7. The van der Waals surface area contributed by atoms with Crippen molar-refractivity contribution in [3.63, 3.8) is 0 Å². The summed E-state index contributed by atoms with van der Waals surface area (Å²) in [4.78, 5) is 14.5. The molecule has 198 valence electrons. The van der Waals surface area contributed by atoms with Crippen LogP contribution in [0.1, 0.15) is 35.3 Å². The molecule has 0 heterocycles. The number of ether oxygens (including phenoxy) is 3. The average molecular weight is 527 g/mol. The van der Waals surface area contributed by atoms with E-state index in [1.165, 1.54) is 25.6 Å². The average Bonchev–Trinajstić information content (AvgIpc) is 2.93. The van der Waals surface area contributed by atoms with Gasteiger partial charge in [-0.05, 0) is 55.3 Å². The van der Waals surface area contributed by atoms with Crippen LogP contribution >= 0.6 is 0 Å². The number of benzene rings is 3. The van der Waals surface area contributed by atoms with Crippen LogP contribution in [-0.2, 0) is 23.1 Å². The van der Waals surface area contributed by atoms with Crippen LogP contribution in [0.15, 0.2) is 65.6 Å². The van der Waals surface area contributed by atoms with Crippen molar-refractivity contribution in [1.29, 1.82) is 0 Å². The second-order valence-corrected chi connectivity index (χ2v) is 10.2. The van der Waals surface area contributed by atoms with Crippen molar-refractivity contribution in [2.45, 2.75) is 31.8 Å². The van der Waals surface area contributed by atoms with E-state index in [-0.39, 0.29) is 35.0 Å². The van der Waals surface area contributed by atoms with Gasteiger partial charge in [-0.25, -0.2) is 8.42 Å². The van der Waals surface area contributed by atoms with E-state index >= 15 is 0 Å². The summed E-state index contributed by atoms with van der Waals surface area (Å²) in [7, 11) is 0.419. The number of nitrogens with zero attached hydrogens (tertiary/aromatic N) is 2. The van der Waals surface area contributed by atoms with Gasteiger partial charge >= 0.3 is 0 Å². The maximum Gasteiger partial charge on any atom is 0.243 e. The summed E-state index contributed by atoms with van der Waals surface area (Å²) in [5, 5.41) is 0. The Kier molecular flexibility index (Phi) is 9.54. The molecule has 0 aliphatic rings. The second kappa shape index (κ2) is 12.6. The SMILES string of the molecule is CCN(CC)c1ccc(CN(Cc2cc(OC)c(OC)c(OC)c2C=O)S(=O)(=O)c2ccccc2)cc1. The summed E-state index contributed by atoms with van der Waals surface area (Å²) in [6.45, 7) is 5.95. The minimum atomic E-state index is -3.92. The number of sulfonamides is 1. The molecule has 0 spiro atoms. The second-order valence-electron chi connectivity index (χ2n) is 8.26. The van der Waals surface area contributed by atoms with Gasteiger partial charge < -0.3 is 19.1 Å². The van der Waals surface area contributed by atoms with Gasteiger partial charge in [-0.2, -0.15) is 4.31 Å². The number of rotatable bonds is 13. The molecule has 37 heavy (non-hydrogen) atoms. The highest BCUT2D eigenvalue weighted by atomic mass is 32.2. The molecular formula is C28H34N2O6S. The van der Waals surface area contributed by atoms with Crippen LogP contribution in [0.3, 0.4) is 0 Å². The molecule has 0 N–H and O–H groups in total. The van der Waals surface area contributed by atoms with Crippen LogP contribution in [0.4, 0.5) is 5.69 Å². The lowest BCUT2D eigenvalue weighted by Gasteiger charge is -2.25. The first-order valence-corrected chi connectivity index (χ1v) is 13.4. The number of carbonyl (C=O) groups is 1. The molecule has 0 saturated carbocycles. The minimum Gasteiger partial charge on any atom is -0.493 e. The van der Waals surface area contributed by atoms with Crippen molar-refractivity contribution in [2.24, 2.45) is 0 Å². The standard InChI is InChI=1S/C28H34N2O6S/c1-6-29(7-2)23-15-13-21(14-16-23)18-30(37(32,33)24-11-9-8-10-12-24)19-22-17-26(34-3)28(36-5)27(35-4)25(22)20-31/h8-17,20H,6-7,18-19H2,1-5H3. The number of aldehydes is 1. The lowest BCUT2D eigenvalue weighted by molar-refractivity contribution is 0.111. The van der Waals surface area contributed by atoms with Gasteiger partial charge in [-0.1, -0.05) is 30.3 Å². The zero-order chi connectivity index (χ0) is 27.0. The molecule has 3 aromatic rings. The Labute approximate surface area is 219 Å². The summed E-state index contributed by atoms with van der Waals surface area (Å²) in [5.74, 6) is 0.786. The molecule has 0 saturated heterocycles. The molecule has 0 aliphatic heterocycles. The van der Waals surface area contributed by atoms with Crippen molar-refractivity contribution in [3.8, 4) is 17.2 Å². The number of carbonyl (C=O) groups excluding carboxylic acids is 1.